The number of halogens is 1. The SMILES string of the molecule is O=C1CN(C(=O)CCC(=O)N2CCOC(c3ccc(Br)cc3)C2)c2ccccc2N1. The lowest BCUT2D eigenvalue weighted by atomic mass is 10.1. The second-order valence-electron chi connectivity index (χ2n) is 7.30. The fourth-order valence-corrected chi connectivity index (χ4v) is 3.98. The van der Waals surface area contributed by atoms with Crippen LogP contribution in [0.2, 0.25) is 0 Å². The van der Waals surface area contributed by atoms with Gasteiger partial charge in [0.2, 0.25) is 17.7 Å². The number of carbonyl (C=O) groups is 3. The van der Waals surface area contributed by atoms with E-state index in [1.807, 2.05) is 30.3 Å². The van der Waals surface area contributed by atoms with Crippen molar-refractivity contribution < 1.29 is 19.1 Å². The first-order valence-corrected chi connectivity index (χ1v) is 10.6. The molecule has 2 aromatic carbocycles. The Morgan fingerprint density at radius 2 is 1.80 bits per heavy atom. The molecule has 0 bridgehead atoms. The summed E-state index contributed by atoms with van der Waals surface area (Å²) < 4.78 is 6.81. The molecule has 1 unspecified atom stereocenters. The van der Waals surface area contributed by atoms with E-state index < -0.39 is 0 Å². The average Bonchev–Trinajstić information content (AvgIpc) is 2.77. The van der Waals surface area contributed by atoms with E-state index in [2.05, 4.69) is 21.2 Å². The minimum absolute atomic E-state index is 0.0345. The molecule has 1 fully saturated rings. The first-order valence-electron chi connectivity index (χ1n) is 9.85. The minimum Gasteiger partial charge on any atom is -0.370 e. The molecule has 1 saturated heterocycles. The van der Waals surface area contributed by atoms with Crippen LogP contribution < -0.4 is 10.2 Å². The molecule has 7 nitrogen and oxygen atoms in total. The van der Waals surface area contributed by atoms with E-state index in [0.717, 1.165) is 10.0 Å². The Morgan fingerprint density at radius 3 is 2.60 bits per heavy atom. The van der Waals surface area contributed by atoms with Gasteiger partial charge in [-0.05, 0) is 29.8 Å². The lowest BCUT2D eigenvalue weighted by Crippen LogP contribution is -2.44. The lowest BCUT2D eigenvalue weighted by Gasteiger charge is -2.33. The quantitative estimate of drug-likeness (QED) is 0.742. The van der Waals surface area contributed by atoms with Crippen LogP contribution in [0.1, 0.15) is 24.5 Å². The van der Waals surface area contributed by atoms with Crippen molar-refractivity contribution in [3.8, 4) is 0 Å². The molecule has 1 N–H and O–H groups in total. The zero-order chi connectivity index (χ0) is 21.1. The van der Waals surface area contributed by atoms with Gasteiger partial charge in [-0.25, -0.2) is 0 Å². The molecule has 156 valence electrons. The van der Waals surface area contributed by atoms with E-state index in [-0.39, 0.29) is 43.2 Å². The third kappa shape index (κ3) is 4.55. The molecule has 30 heavy (non-hydrogen) atoms. The van der Waals surface area contributed by atoms with E-state index in [1.165, 1.54) is 4.90 Å². The third-order valence-electron chi connectivity index (χ3n) is 5.29. The Labute approximate surface area is 183 Å². The van der Waals surface area contributed by atoms with Crippen molar-refractivity contribution >= 4 is 45.0 Å². The third-order valence-corrected chi connectivity index (χ3v) is 5.81. The van der Waals surface area contributed by atoms with Crippen LogP contribution >= 0.6 is 15.9 Å². The number of hydrogen-bond donors (Lipinski definition) is 1. The van der Waals surface area contributed by atoms with Gasteiger partial charge in [0.25, 0.3) is 0 Å². The number of benzene rings is 2. The highest BCUT2D eigenvalue weighted by atomic mass is 79.9. The van der Waals surface area contributed by atoms with Gasteiger partial charge < -0.3 is 19.9 Å². The predicted octanol–water partition coefficient (Wildman–Crippen LogP) is 3.11. The van der Waals surface area contributed by atoms with Gasteiger partial charge in [0.15, 0.2) is 0 Å². The molecule has 2 heterocycles. The fourth-order valence-electron chi connectivity index (χ4n) is 3.72. The number of amides is 3. The van der Waals surface area contributed by atoms with Gasteiger partial charge in [0, 0.05) is 23.9 Å². The van der Waals surface area contributed by atoms with Gasteiger partial charge in [0.05, 0.1) is 24.5 Å². The van der Waals surface area contributed by atoms with Crippen LogP contribution in [0.4, 0.5) is 11.4 Å². The van der Waals surface area contributed by atoms with Crippen molar-refractivity contribution in [3.63, 3.8) is 0 Å². The molecular formula is C22H22BrN3O4. The molecule has 0 saturated carbocycles. The van der Waals surface area contributed by atoms with E-state index in [1.54, 1.807) is 23.1 Å². The topological polar surface area (TPSA) is 79.0 Å². The first-order chi connectivity index (χ1) is 14.5. The summed E-state index contributed by atoms with van der Waals surface area (Å²) in [7, 11) is 0. The Kier molecular flexibility index (Phi) is 6.15. The van der Waals surface area contributed by atoms with Crippen molar-refractivity contribution in [1.29, 1.82) is 0 Å². The van der Waals surface area contributed by atoms with E-state index >= 15 is 0 Å². The van der Waals surface area contributed by atoms with Crippen LogP contribution in [0.5, 0.6) is 0 Å². The number of morpholine rings is 1. The molecule has 2 aliphatic rings. The molecule has 2 aromatic rings. The van der Waals surface area contributed by atoms with E-state index in [4.69, 9.17) is 4.74 Å². The molecule has 0 aromatic heterocycles. The summed E-state index contributed by atoms with van der Waals surface area (Å²) in [4.78, 5) is 40.6. The van der Waals surface area contributed by atoms with Gasteiger partial charge in [-0.2, -0.15) is 0 Å². The summed E-state index contributed by atoms with van der Waals surface area (Å²) >= 11 is 3.42. The van der Waals surface area contributed by atoms with Crippen LogP contribution in [0, 0.1) is 0 Å². The number of carbonyl (C=O) groups excluding carboxylic acids is 3. The van der Waals surface area contributed by atoms with Crippen LogP contribution in [0.25, 0.3) is 0 Å². The molecule has 3 amide bonds. The molecule has 0 spiro atoms. The lowest BCUT2D eigenvalue weighted by molar-refractivity contribution is -0.140. The maximum Gasteiger partial charge on any atom is 0.244 e. The van der Waals surface area contributed by atoms with Gasteiger partial charge in [-0.3, -0.25) is 14.4 Å². The van der Waals surface area contributed by atoms with Crippen molar-refractivity contribution in [3.05, 3.63) is 58.6 Å². The average molecular weight is 472 g/mol. The predicted molar refractivity (Wildman–Crippen MR) is 116 cm³/mol. The van der Waals surface area contributed by atoms with Gasteiger partial charge in [0.1, 0.15) is 12.6 Å². The number of anilines is 2. The summed E-state index contributed by atoms with van der Waals surface area (Å²) in [5, 5.41) is 2.76. The number of nitrogens with one attached hydrogen (secondary N) is 1. The summed E-state index contributed by atoms with van der Waals surface area (Å²) in [6, 6.07) is 15.0. The van der Waals surface area contributed by atoms with Gasteiger partial charge in [-0.1, -0.05) is 40.2 Å². The Morgan fingerprint density at radius 1 is 1.07 bits per heavy atom. The molecule has 4 rings (SSSR count). The number of ether oxygens (including phenoxy) is 1. The minimum atomic E-state index is -0.237. The van der Waals surface area contributed by atoms with Crippen molar-refractivity contribution in [2.24, 2.45) is 0 Å². The van der Waals surface area contributed by atoms with Gasteiger partial charge in [-0.15, -0.1) is 0 Å². The van der Waals surface area contributed by atoms with Crippen molar-refractivity contribution in [1.82, 2.24) is 4.90 Å². The van der Waals surface area contributed by atoms with E-state index in [0.29, 0.717) is 31.1 Å². The number of nitrogens with zero attached hydrogens (tertiary/aromatic N) is 2. The largest absolute Gasteiger partial charge is 0.370 e. The zero-order valence-corrected chi connectivity index (χ0v) is 17.9. The Hall–Kier alpha value is -2.71. The maximum absolute atomic E-state index is 12.8. The highest BCUT2D eigenvalue weighted by molar-refractivity contribution is 9.10. The molecule has 0 aliphatic carbocycles. The zero-order valence-electron chi connectivity index (χ0n) is 16.3. The summed E-state index contributed by atoms with van der Waals surface area (Å²) in [5.41, 5.74) is 2.29. The number of hydrogen-bond acceptors (Lipinski definition) is 4. The van der Waals surface area contributed by atoms with E-state index in [9.17, 15) is 14.4 Å². The highest BCUT2D eigenvalue weighted by Crippen LogP contribution is 2.30. The van der Waals surface area contributed by atoms with Crippen LogP contribution in [0.3, 0.4) is 0 Å². The monoisotopic (exact) mass is 471 g/mol. The number of para-hydroxylation sites is 2. The van der Waals surface area contributed by atoms with Crippen LogP contribution in [0.15, 0.2) is 53.0 Å². The summed E-state index contributed by atoms with van der Waals surface area (Å²) in [5.74, 6) is -0.550. The van der Waals surface area contributed by atoms with Crippen LogP contribution in [-0.2, 0) is 19.1 Å². The standard InChI is InChI=1S/C22H22BrN3O4/c23-16-7-5-15(6-8-16)19-13-25(11-12-30-19)21(28)9-10-22(29)26-14-20(27)24-17-3-1-2-4-18(17)26/h1-8,19H,9-14H2,(H,24,27). The maximum atomic E-state index is 12.8. The second kappa shape index (κ2) is 8.97. The van der Waals surface area contributed by atoms with Crippen molar-refractivity contribution in [2.45, 2.75) is 18.9 Å². The molecule has 1 atom stereocenters. The Balaban J connectivity index is 1.36. The number of fused-ring (bicyclic) bond motifs is 1. The molecule has 0 radical (unpaired) electrons. The van der Waals surface area contributed by atoms with Crippen molar-refractivity contribution in [2.75, 3.05) is 36.5 Å². The second-order valence-corrected chi connectivity index (χ2v) is 8.21. The number of rotatable bonds is 4. The fraction of sp³-hybridized carbons (Fsp3) is 0.318. The van der Waals surface area contributed by atoms with Crippen LogP contribution in [-0.4, -0.2) is 48.9 Å². The molecule has 2 aliphatic heterocycles. The normalized spacial score (nSPS) is 18.6. The smallest absolute Gasteiger partial charge is 0.244 e. The molecule has 8 heteroatoms. The Bertz CT molecular complexity index is 963. The molecular weight excluding hydrogens is 450 g/mol. The summed E-state index contributed by atoms with van der Waals surface area (Å²) in [6.07, 6.45) is -0.0170. The van der Waals surface area contributed by atoms with Gasteiger partial charge >= 0.3 is 0 Å². The summed E-state index contributed by atoms with van der Waals surface area (Å²) in [6.45, 7) is 1.39. The highest BCUT2D eigenvalue weighted by Gasteiger charge is 2.29. The first kappa shape index (κ1) is 20.6.